The van der Waals surface area contributed by atoms with Gasteiger partial charge in [-0.2, -0.15) is 0 Å². The highest BCUT2D eigenvalue weighted by molar-refractivity contribution is 9.10. The van der Waals surface area contributed by atoms with E-state index in [9.17, 15) is 4.39 Å². The van der Waals surface area contributed by atoms with Crippen molar-refractivity contribution in [3.8, 4) is 10.4 Å². The molecule has 1 fully saturated rings. The largest absolute Gasteiger partial charge is 0.309 e. The molecule has 0 aliphatic heterocycles. The van der Waals surface area contributed by atoms with Crippen LogP contribution in [0, 0.1) is 5.82 Å². The minimum absolute atomic E-state index is 0.210. The Morgan fingerprint density at radius 3 is 2.83 bits per heavy atom. The molecule has 1 N–H and O–H groups in total. The molecule has 1 aromatic heterocycles. The van der Waals surface area contributed by atoms with Crippen LogP contribution in [0.2, 0.25) is 0 Å². The van der Waals surface area contributed by atoms with Crippen LogP contribution in [0.1, 0.15) is 17.7 Å². The van der Waals surface area contributed by atoms with E-state index in [1.165, 1.54) is 17.7 Å². The van der Waals surface area contributed by atoms with Crippen molar-refractivity contribution in [2.75, 3.05) is 0 Å². The molecule has 0 spiro atoms. The molecule has 4 heteroatoms. The van der Waals surface area contributed by atoms with Gasteiger partial charge in [0.25, 0.3) is 0 Å². The second kappa shape index (κ2) is 5.11. The Kier molecular flexibility index (Phi) is 3.50. The first-order valence-corrected chi connectivity index (χ1v) is 7.61. The summed E-state index contributed by atoms with van der Waals surface area (Å²) < 4.78 is 14.0. The van der Waals surface area contributed by atoms with E-state index in [1.54, 1.807) is 23.5 Å². The third-order valence-electron chi connectivity index (χ3n) is 3.01. The molecule has 1 heterocycles. The van der Waals surface area contributed by atoms with Crippen molar-refractivity contribution in [1.29, 1.82) is 0 Å². The highest BCUT2D eigenvalue weighted by Crippen LogP contribution is 2.31. The zero-order chi connectivity index (χ0) is 12.5. The molecule has 0 radical (unpaired) electrons. The summed E-state index contributed by atoms with van der Waals surface area (Å²) in [6, 6.07) is 10.2. The lowest BCUT2D eigenvalue weighted by atomic mass is 10.2. The highest BCUT2D eigenvalue weighted by atomic mass is 79.9. The van der Waals surface area contributed by atoms with E-state index in [0.29, 0.717) is 4.47 Å². The second-order valence-electron chi connectivity index (χ2n) is 4.55. The molecule has 2 aromatic rings. The fourth-order valence-corrected chi connectivity index (χ4v) is 3.01. The fourth-order valence-electron chi connectivity index (χ4n) is 1.81. The number of hydrogen-bond acceptors (Lipinski definition) is 2. The van der Waals surface area contributed by atoms with Crippen molar-refractivity contribution in [3.63, 3.8) is 0 Å². The van der Waals surface area contributed by atoms with Crippen molar-refractivity contribution < 1.29 is 4.39 Å². The lowest BCUT2D eigenvalue weighted by molar-refractivity contribution is 0.622. The molecule has 0 amide bonds. The van der Waals surface area contributed by atoms with Crippen LogP contribution in [0.3, 0.4) is 0 Å². The summed E-state index contributed by atoms with van der Waals surface area (Å²) in [6.45, 7) is 0.925. The predicted molar refractivity (Wildman–Crippen MR) is 77.3 cm³/mol. The van der Waals surface area contributed by atoms with Crippen LogP contribution in [0.15, 0.2) is 34.8 Å². The van der Waals surface area contributed by atoms with Crippen LogP contribution in [-0.2, 0) is 6.54 Å². The zero-order valence-corrected chi connectivity index (χ0v) is 12.2. The summed E-state index contributed by atoms with van der Waals surface area (Å²) in [4.78, 5) is 2.43. The first-order chi connectivity index (χ1) is 8.72. The Morgan fingerprint density at radius 2 is 2.11 bits per heavy atom. The van der Waals surface area contributed by atoms with Crippen molar-refractivity contribution in [2.24, 2.45) is 0 Å². The monoisotopic (exact) mass is 325 g/mol. The molecule has 1 aliphatic carbocycles. The summed E-state index contributed by atoms with van der Waals surface area (Å²) in [6.07, 6.45) is 2.60. The SMILES string of the molecule is Fc1cc(-c2ccc(CNC3CC3)s2)ccc1Br. The van der Waals surface area contributed by atoms with Gasteiger partial charge in [-0.05, 0) is 58.6 Å². The molecular weight excluding hydrogens is 313 g/mol. The maximum Gasteiger partial charge on any atom is 0.138 e. The Hall–Kier alpha value is -0.710. The predicted octanol–water partition coefficient (Wildman–Crippen LogP) is 4.57. The number of hydrogen-bond donors (Lipinski definition) is 1. The van der Waals surface area contributed by atoms with Gasteiger partial charge in [-0.25, -0.2) is 4.39 Å². The van der Waals surface area contributed by atoms with E-state index in [4.69, 9.17) is 0 Å². The minimum atomic E-state index is -0.210. The smallest absolute Gasteiger partial charge is 0.138 e. The maximum absolute atomic E-state index is 13.5. The van der Waals surface area contributed by atoms with Gasteiger partial charge in [-0.15, -0.1) is 11.3 Å². The van der Waals surface area contributed by atoms with Crippen molar-refractivity contribution in [2.45, 2.75) is 25.4 Å². The summed E-state index contributed by atoms with van der Waals surface area (Å²) in [5, 5.41) is 3.49. The summed E-state index contributed by atoms with van der Waals surface area (Å²) in [7, 11) is 0. The fraction of sp³-hybridized carbons (Fsp3) is 0.286. The number of halogens is 2. The molecule has 3 rings (SSSR count). The van der Waals surface area contributed by atoms with Crippen molar-refractivity contribution >= 4 is 27.3 Å². The average Bonchev–Trinajstić information content (AvgIpc) is 3.08. The normalized spacial score (nSPS) is 15.0. The van der Waals surface area contributed by atoms with Gasteiger partial charge in [0.2, 0.25) is 0 Å². The quantitative estimate of drug-likeness (QED) is 0.868. The molecule has 1 aromatic carbocycles. The molecular formula is C14H13BrFNS. The molecule has 0 atom stereocenters. The Balaban J connectivity index is 1.76. The van der Waals surface area contributed by atoms with Crippen LogP contribution < -0.4 is 5.32 Å². The van der Waals surface area contributed by atoms with Gasteiger partial charge in [0, 0.05) is 22.3 Å². The average molecular weight is 326 g/mol. The topological polar surface area (TPSA) is 12.0 Å². The Bertz CT molecular complexity index is 563. The third-order valence-corrected chi connectivity index (χ3v) is 4.79. The Morgan fingerprint density at radius 1 is 1.28 bits per heavy atom. The Labute approximate surface area is 118 Å². The lowest BCUT2D eigenvalue weighted by Crippen LogP contribution is -2.14. The van der Waals surface area contributed by atoms with Gasteiger partial charge in [0.15, 0.2) is 0 Å². The first kappa shape index (κ1) is 12.3. The molecule has 18 heavy (non-hydrogen) atoms. The number of nitrogens with one attached hydrogen (secondary N) is 1. The molecule has 1 aliphatic rings. The van der Waals surface area contributed by atoms with Gasteiger partial charge in [-0.3, -0.25) is 0 Å². The summed E-state index contributed by atoms with van der Waals surface area (Å²) >= 11 is 4.90. The van der Waals surface area contributed by atoms with E-state index < -0.39 is 0 Å². The minimum Gasteiger partial charge on any atom is -0.309 e. The van der Waals surface area contributed by atoms with E-state index in [0.717, 1.165) is 23.0 Å². The van der Waals surface area contributed by atoms with Crippen LogP contribution >= 0.6 is 27.3 Å². The van der Waals surface area contributed by atoms with E-state index >= 15 is 0 Å². The van der Waals surface area contributed by atoms with Crippen molar-refractivity contribution in [1.82, 2.24) is 5.32 Å². The molecule has 94 valence electrons. The molecule has 1 saturated carbocycles. The summed E-state index contributed by atoms with van der Waals surface area (Å²) in [5.74, 6) is -0.210. The molecule has 1 nitrogen and oxygen atoms in total. The van der Waals surface area contributed by atoms with Gasteiger partial charge in [0.05, 0.1) is 4.47 Å². The van der Waals surface area contributed by atoms with E-state index in [-0.39, 0.29) is 5.82 Å². The standard InChI is InChI=1S/C14H13BrFNS/c15-12-5-1-9(7-13(12)16)14-6-4-11(18-14)8-17-10-2-3-10/h1,4-7,10,17H,2-3,8H2. The van der Waals surface area contributed by atoms with Gasteiger partial charge < -0.3 is 5.32 Å². The zero-order valence-electron chi connectivity index (χ0n) is 9.75. The third kappa shape index (κ3) is 2.82. The van der Waals surface area contributed by atoms with Crippen LogP contribution in [0.25, 0.3) is 10.4 Å². The first-order valence-electron chi connectivity index (χ1n) is 6.00. The molecule has 0 unspecified atom stereocenters. The van der Waals surface area contributed by atoms with Crippen LogP contribution in [0.5, 0.6) is 0 Å². The maximum atomic E-state index is 13.5. The second-order valence-corrected chi connectivity index (χ2v) is 6.57. The van der Waals surface area contributed by atoms with Crippen molar-refractivity contribution in [3.05, 3.63) is 45.5 Å². The highest BCUT2D eigenvalue weighted by Gasteiger charge is 2.20. The number of rotatable bonds is 4. The number of benzene rings is 1. The van der Waals surface area contributed by atoms with E-state index in [1.807, 2.05) is 6.07 Å². The molecule has 0 bridgehead atoms. The van der Waals surface area contributed by atoms with Crippen LogP contribution in [0.4, 0.5) is 4.39 Å². The van der Waals surface area contributed by atoms with Gasteiger partial charge >= 0.3 is 0 Å². The number of thiophene rings is 1. The van der Waals surface area contributed by atoms with Gasteiger partial charge in [0.1, 0.15) is 5.82 Å². The van der Waals surface area contributed by atoms with Gasteiger partial charge in [-0.1, -0.05) is 6.07 Å². The summed E-state index contributed by atoms with van der Waals surface area (Å²) in [5.41, 5.74) is 0.943. The van der Waals surface area contributed by atoms with Crippen LogP contribution in [-0.4, -0.2) is 6.04 Å². The van der Waals surface area contributed by atoms with E-state index in [2.05, 4.69) is 33.4 Å². The lowest BCUT2D eigenvalue weighted by Gasteiger charge is -2.00. The molecule has 0 saturated heterocycles.